The molecule has 0 aliphatic rings. The van der Waals surface area contributed by atoms with Crippen LogP contribution in [0.25, 0.3) is 33.8 Å². The lowest BCUT2D eigenvalue weighted by Gasteiger charge is -2.04. The number of fused-ring (bicyclic) bond motifs is 1. The van der Waals surface area contributed by atoms with Crippen molar-refractivity contribution >= 4 is 10.9 Å². The zero-order valence-corrected chi connectivity index (χ0v) is 11.6. The van der Waals surface area contributed by atoms with Crippen LogP contribution in [0.15, 0.2) is 77.3 Å². The van der Waals surface area contributed by atoms with Gasteiger partial charge in [-0.1, -0.05) is 42.5 Å². The molecule has 4 aromatic rings. The first-order chi connectivity index (χ1) is 10.8. The van der Waals surface area contributed by atoms with E-state index in [0.717, 1.165) is 15.7 Å². The summed E-state index contributed by atoms with van der Waals surface area (Å²) in [6.45, 7) is 0. The van der Waals surface area contributed by atoms with Crippen molar-refractivity contribution in [3.63, 3.8) is 0 Å². The molecule has 4 rings (SSSR count). The van der Waals surface area contributed by atoms with Crippen LogP contribution in [0.5, 0.6) is 0 Å². The Hall–Kier alpha value is -3.14. The van der Waals surface area contributed by atoms with E-state index >= 15 is 0 Å². The molecule has 2 aromatic carbocycles. The van der Waals surface area contributed by atoms with Crippen LogP contribution in [0.2, 0.25) is 0 Å². The molecular formula is C18H12N2O2. The third kappa shape index (κ3) is 2.02. The number of hydrogen-bond acceptors (Lipinski definition) is 3. The summed E-state index contributed by atoms with van der Waals surface area (Å²) < 4.78 is 6.61. The van der Waals surface area contributed by atoms with Gasteiger partial charge >= 0.3 is 0 Å². The first-order valence-corrected chi connectivity index (χ1v) is 6.96. The average Bonchev–Trinajstić information content (AvgIpc) is 3.06. The van der Waals surface area contributed by atoms with Crippen molar-refractivity contribution in [2.75, 3.05) is 0 Å². The third-order valence-corrected chi connectivity index (χ3v) is 3.58. The summed E-state index contributed by atoms with van der Waals surface area (Å²) in [5.74, 6) is 0.961. The third-order valence-electron chi connectivity index (χ3n) is 3.58. The van der Waals surface area contributed by atoms with Crippen molar-refractivity contribution in [1.82, 2.24) is 4.98 Å². The van der Waals surface area contributed by atoms with Crippen molar-refractivity contribution in [1.29, 1.82) is 0 Å². The topological polar surface area (TPSA) is 53.0 Å². The highest BCUT2D eigenvalue weighted by molar-refractivity contribution is 5.76. The smallest absolute Gasteiger partial charge is 0.294 e. The molecule has 2 heterocycles. The van der Waals surface area contributed by atoms with Gasteiger partial charge in [0.25, 0.3) is 11.6 Å². The minimum atomic E-state index is 0.319. The fourth-order valence-electron chi connectivity index (χ4n) is 2.47. The lowest BCUT2D eigenvalue weighted by molar-refractivity contribution is -0.565. The van der Waals surface area contributed by atoms with E-state index in [4.69, 9.17) is 4.42 Å². The Morgan fingerprint density at radius 1 is 0.864 bits per heavy atom. The van der Waals surface area contributed by atoms with Crippen LogP contribution in [-0.2, 0) is 0 Å². The second-order valence-electron chi connectivity index (χ2n) is 4.97. The molecule has 0 saturated heterocycles. The first kappa shape index (κ1) is 12.6. The van der Waals surface area contributed by atoms with Gasteiger partial charge in [0.15, 0.2) is 5.76 Å². The molecule has 106 valence electrons. The standard InChI is InChI=1S/C18H12N2O2/c21-20-15-9-5-4-6-13(15)10-11-16(20)18-19-12-17(22-18)14-7-2-1-3-8-14/h1-12H. The molecule has 0 unspecified atom stereocenters. The van der Waals surface area contributed by atoms with Gasteiger partial charge in [0.05, 0.1) is 6.20 Å². The number of benzene rings is 2. The Morgan fingerprint density at radius 3 is 2.50 bits per heavy atom. The van der Waals surface area contributed by atoms with Gasteiger partial charge in [-0.15, -0.1) is 0 Å². The largest absolute Gasteiger partial charge is 0.618 e. The summed E-state index contributed by atoms with van der Waals surface area (Å²) in [4.78, 5) is 4.24. The molecule has 2 aromatic heterocycles. The van der Waals surface area contributed by atoms with Crippen LogP contribution in [0, 0.1) is 5.21 Å². The van der Waals surface area contributed by atoms with Crippen LogP contribution in [0.3, 0.4) is 0 Å². The summed E-state index contributed by atoms with van der Waals surface area (Å²) in [5, 5.41) is 13.4. The molecule has 0 amide bonds. The van der Waals surface area contributed by atoms with Gasteiger partial charge in [0.2, 0.25) is 5.52 Å². The molecule has 0 saturated carbocycles. The number of rotatable bonds is 2. The predicted octanol–water partition coefficient (Wildman–Crippen LogP) is 3.80. The lowest BCUT2D eigenvalue weighted by Crippen LogP contribution is -2.30. The van der Waals surface area contributed by atoms with Gasteiger partial charge in [-0.05, 0) is 12.1 Å². The van der Waals surface area contributed by atoms with Gasteiger partial charge < -0.3 is 9.62 Å². The Balaban J connectivity index is 1.83. The van der Waals surface area contributed by atoms with Crippen molar-refractivity contribution < 1.29 is 9.15 Å². The zero-order valence-electron chi connectivity index (χ0n) is 11.6. The van der Waals surface area contributed by atoms with Crippen LogP contribution >= 0.6 is 0 Å². The number of pyridine rings is 1. The van der Waals surface area contributed by atoms with Crippen LogP contribution < -0.4 is 4.73 Å². The van der Waals surface area contributed by atoms with E-state index in [2.05, 4.69) is 4.98 Å². The van der Waals surface area contributed by atoms with Crippen LogP contribution in [-0.4, -0.2) is 4.98 Å². The zero-order chi connectivity index (χ0) is 14.9. The Kier molecular flexibility index (Phi) is 2.86. The molecule has 0 spiro atoms. The number of hydrogen-bond donors (Lipinski definition) is 0. The van der Waals surface area contributed by atoms with E-state index in [9.17, 15) is 5.21 Å². The Labute approximate surface area is 126 Å². The Morgan fingerprint density at radius 2 is 1.64 bits per heavy atom. The molecule has 0 aliphatic heterocycles. The molecule has 0 radical (unpaired) electrons. The van der Waals surface area contributed by atoms with Gasteiger partial charge in [-0.3, -0.25) is 0 Å². The van der Waals surface area contributed by atoms with E-state index in [0.29, 0.717) is 22.9 Å². The normalized spacial score (nSPS) is 10.9. The SMILES string of the molecule is [O-][n+]1c(-c2ncc(-c3ccccc3)o2)ccc2ccccc21. The van der Waals surface area contributed by atoms with E-state index in [-0.39, 0.29) is 0 Å². The predicted molar refractivity (Wildman–Crippen MR) is 83.8 cm³/mol. The first-order valence-electron chi connectivity index (χ1n) is 6.96. The van der Waals surface area contributed by atoms with Gasteiger partial charge in [0.1, 0.15) is 0 Å². The molecule has 0 atom stereocenters. The molecule has 4 heteroatoms. The summed E-state index contributed by atoms with van der Waals surface area (Å²) >= 11 is 0. The number of nitrogens with zero attached hydrogens (tertiary/aromatic N) is 2. The second-order valence-corrected chi connectivity index (χ2v) is 4.97. The van der Waals surface area contributed by atoms with E-state index in [1.165, 1.54) is 0 Å². The summed E-state index contributed by atoms with van der Waals surface area (Å²) in [5.41, 5.74) is 1.93. The molecule has 0 N–H and O–H groups in total. The van der Waals surface area contributed by atoms with E-state index in [1.807, 2.05) is 54.6 Å². The van der Waals surface area contributed by atoms with Gasteiger partial charge in [-0.2, -0.15) is 4.73 Å². The fraction of sp³-hybridized carbons (Fsp3) is 0. The van der Waals surface area contributed by atoms with Gasteiger partial charge in [0, 0.05) is 23.1 Å². The molecular weight excluding hydrogens is 276 g/mol. The highest BCUT2D eigenvalue weighted by atomic mass is 16.5. The highest BCUT2D eigenvalue weighted by Gasteiger charge is 2.18. The summed E-state index contributed by atoms with van der Waals surface area (Å²) in [6, 6.07) is 20.7. The lowest BCUT2D eigenvalue weighted by atomic mass is 10.2. The number of oxazole rings is 1. The molecule has 0 fully saturated rings. The maximum absolute atomic E-state index is 12.5. The summed E-state index contributed by atoms with van der Waals surface area (Å²) in [7, 11) is 0. The number of para-hydroxylation sites is 1. The maximum atomic E-state index is 12.5. The minimum absolute atomic E-state index is 0.319. The van der Waals surface area contributed by atoms with Crippen LogP contribution in [0.4, 0.5) is 0 Å². The van der Waals surface area contributed by atoms with Gasteiger partial charge in [-0.25, -0.2) is 4.98 Å². The van der Waals surface area contributed by atoms with E-state index < -0.39 is 0 Å². The van der Waals surface area contributed by atoms with Crippen molar-refractivity contribution in [2.24, 2.45) is 0 Å². The second kappa shape index (κ2) is 5.00. The summed E-state index contributed by atoms with van der Waals surface area (Å²) in [6.07, 6.45) is 1.64. The van der Waals surface area contributed by atoms with Crippen molar-refractivity contribution in [2.45, 2.75) is 0 Å². The van der Waals surface area contributed by atoms with Crippen molar-refractivity contribution in [3.8, 4) is 22.9 Å². The van der Waals surface area contributed by atoms with Crippen molar-refractivity contribution in [3.05, 3.63) is 78.1 Å². The maximum Gasteiger partial charge on any atom is 0.294 e. The quantitative estimate of drug-likeness (QED) is 0.416. The molecule has 0 bridgehead atoms. The minimum Gasteiger partial charge on any atom is -0.618 e. The molecule has 22 heavy (non-hydrogen) atoms. The number of aromatic nitrogens is 2. The highest BCUT2D eigenvalue weighted by Crippen LogP contribution is 2.25. The molecule has 0 aliphatic carbocycles. The monoisotopic (exact) mass is 288 g/mol. The average molecular weight is 288 g/mol. The van der Waals surface area contributed by atoms with Crippen LogP contribution in [0.1, 0.15) is 0 Å². The fourth-order valence-corrected chi connectivity index (χ4v) is 2.47. The van der Waals surface area contributed by atoms with E-state index in [1.54, 1.807) is 18.3 Å². The Bertz CT molecular complexity index is 946. The molecule has 4 nitrogen and oxygen atoms in total.